The lowest BCUT2D eigenvalue weighted by molar-refractivity contribution is 0.202. The number of thioether (sulfide) groups is 1. The zero-order valence-corrected chi connectivity index (χ0v) is 14.9. The van der Waals surface area contributed by atoms with Crippen LogP contribution >= 0.6 is 11.8 Å². The highest BCUT2D eigenvalue weighted by Crippen LogP contribution is 2.23. The zero-order valence-electron chi connectivity index (χ0n) is 14.1. The number of aliphatic hydroxyl groups is 1. The first-order chi connectivity index (χ1) is 11.1. The van der Waals surface area contributed by atoms with Gasteiger partial charge >= 0.3 is 0 Å². The lowest BCUT2D eigenvalue weighted by Gasteiger charge is -2.31. The van der Waals surface area contributed by atoms with Crippen molar-refractivity contribution in [2.45, 2.75) is 26.0 Å². The number of nitrogens with zero attached hydrogens (tertiary/aromatic N) is 1. The van der Waals surface area contributed by atoms with Gasteiger partial charge in [-0.05, 0) is 56.5 Å². The largest absolute Gasteiger partial charge is 0.390 e. The number of rotatable bonds is 8. The Hall–Kier alpha value is -1.65. The molecule has 0 aliphatic heterocycles. The van der Waals surface area contributed by atoms with Gasteiger partial charge in [0.05, 0.1) is 6.10 Å². The Morgan fingerprint density at radius 1 is 1.00 bits per heavy atom. The van der Waals surface area contributed by atoms with Gasteiger partial charge in [0.2, 0.25) is 0 Å². The van der Waals surface area contributed by atoms with Gasteiger partial charge in [0, 0.05) is 35.4 Å². The second kappa shape index (κ2) is 8.85. The summed E-state index contributed by atoms with van der Waals surface area (Å²) in [6.45, 7) is 4.97. The van der Waals surface area contributed by atoms with Crippen LogP contribution in [0.4, 0.5) is 17.1 Å². The molecular weight excluding hydrogens is 304 g/mol. The van der Waals surface area contributed by atoms with E-state index in [4.69, 9.17) is 0 Å². The summed E-state index contributed by atoms with van der Waals surface area (Å²) >= 11 is 1.68. The van der Waals surface area contributed by atoms with Crippen molar-refractivity contribution in [1.29, 1.82) is 0 Å². The first-order valence-corrected chi connectivity index (χ1v) is 9.35. The smallest absolute Gasteiger partial charge is 0.0805 e. The third-order valence-corrected chi connectivity index (χ3v) is 4.37. The molecule has 0 saturated heterocycles. The van der Waals surface area contributed by atoms with Crippen LogP contribution in [-0.4, -0.2) is 35.8 Å². The number of hydrogen-bond donors (Lipinski definition) is 2. The summed E-state index contributed by atoms with van der Waals surface area (Å²) < 4.78 is 0. The van der Waals surface area contributed by atoms with Crippen LogP contribution in [0.2, 0.25) is 0 Å². The highest BCUT2D eigenvalue weighted by molar-refractivity contribution is 7.98. The third-order valence-electron chi connectivity index (χ3n) is 3.65. The summed E-state index contributed by atoms with van der Waals surface area (Å²) in [5.41, 5.74) is 3.28. The van der Waals surface area contributed by atoms with Gasteiger partial charge in [0.1, 0.15) is 0 Å². The summed E-state index contributed by atoms with van der Waals surface area (Å²) in [5.74, 6) is 0.761. The average molecular weight is 330 g/mol. The van der Waals surface area contributed by atoms with Gasteiger partial charge in [-0.25, -0.2) is 0 Å². The molecule has 124 valence electrons. The van der Waals surface area contributed by atoms with Crippen molar-refractivity contribution in [2.24, 2.45) is 0 Å². The van der Waals surface area contributed by atoms with E-state index < -0.39 is 0 Å². The summed E-state index contributed by atoms with van der Waals surface area (Å²) in [6, 6.07) is 18.9. The summed E-state index contributed by atoms with van der Waals surface area (Å²) in [7, 11) is 0. The van der Waals surface area contributed by atoms with Crippen LogP contribution in [0.15, 0.2) is 54.6 Å². The van der Waals surface area contributed by atoms with Crippen molar-refractivity contribution in [3.8, 4) is 0 Å². The van der Waals surface area contributed by atoms with Crippen molar-refractivity contribution < 1.29 is 5.11 Å². The molecule has 0 aliphatic carbocycles. The van der Waals surface area contributed by atoms with Gasteiger partial charge in [0.25, 0.3) is 0 Å². The lowest BCUT2D eigenvalue weighted by Crippen LogP contribution is -2.38. The number of aliphatic hydroxyl groups excluding tert-OH is 1. The maximum absolute atomic E-state index is 10.1. The van der Waals surface area contributed by atoms with E-state index in [1.807, 2.05) is 36.6 Å². The van der Waals surface area contributed by atoms with Crippen LogP contribution < -0.4 is 10.2 Å². The summed E-state index contributed by atoms with van der Waals surface area (Å²) in [6.07, 6.45) is 1.71. The van der Waals surface area contributed by atoms with Crippen LogP contribution in [0.25, 0.3) is 0 Å². The molecule has 2 rings (SSSR count). The summed E-state index contributed by atoms with van der Waals surface area (Å²) in [4.78, 5) is 2.24. The minimum absolute atomic E-state index is 0.311. The molecule has 0 amide bonds. The van der Waals surface area contributed by atoms with Crippen LogP contribution in [-0.2, 0) is 0 Å². The maximum atomic E-state index is 10.1. The fourth-order valence-electron chi connectivity index (χ4n) is 2.51. The highest BCUT2D eigenvalue weighted by atomic mass is 32.2. The number of para-hydroxylation sites is 1. The molecule has 0 heterocycles. The Labute approximate surface area is 143 Å². The van der Waals surface area contributed by atoms with Gasteiger partial charge in [-0.15, -0.1) is 0 Å². The number of hydrogen-bond acceptors (Lipinski definition) is 4. The molecule has 1 atom stereocenters. The van der Waals surface area contributed by atoms with Gasteiger partial charge in [-0.2, -0.15) is 11.8 Å². The van der Waals surface area contributed by atoms with Crippen molar-refractivity contribution in [2.75, 3.05) is 28.8 Å². The Bertz CT molecular complexity index is 572. The van der Waals surface area contributed by atoms with Crippen molar-refractivity contribution >= 4 is 28.8 Å². The second-order valence-electron chi connectivity index (χ2n) is 5.89. The first-order valence-electron chi connectivity index (χ1n) is 7.96. The molecule has 0 radical (unpaired) electrons. The molecule has 2 aromatic carbocycles. The lowest BCUT2D eigenvalue weighted by atomic mass is 10.2. The molecule has 0 spiro atoms. The van der Waals surface area contributed by atoms with E-state index >= 15 is 0 Å². The molecular formula is C19H26N2OS. The standard InChI is InChI=1S/C19H26N2OS/c1-15(2)21(13-19(22)14-23-3)18-11-9-17(10-12-18)20-16-7-5-4-6-8-16/h4-12,15,19-20,22H,13-14H2,1-3H3. The van der Waals surface area contributed by atoms with Crippen LogP contribution in [0.5, 0.6) is 0 Å². The predicted octanol–water partition coefficient (Wildman–Crippen LogP) is 4.37. The van der Waals surface area contributed by atoms with E-state index in [2.05, 4.69) is 48.3 Å². The van der Waals surface area contributed by atoms with Crippen molar-refractivity contribution in [1.82, 2.24) is 0 Å². The van der Waals surface area contributed by atoms with E-state index in [1.54, 1.807) is 11.8 Å². The van der Waals surface area contributed by atoms with Crippen molar-refractivity contribution in [3.63, 3.8) is 0 Å². The van der Waals surface area contributed by atoms with E-state index in [0.717, 1.165) is 22.8 Å². The number of anilines is 3. The van der Waals surface area contributed by atoms with E-state index in [1.165, 1.54) is 0 Å². The molecule has 23 heavy (non-hydrogen) atoms. The Morgan fingerprint density at radius 2 is 1.61 bits per heavy atom. The molecule has 2 N–H and O–H groups in total. The minimum Gasteiger partial charge on any atom is -0.390 e. The number of benzene rings is 2. The van der Waals surface area contributed by atoms with E-state index in [9.17, 15) is 5.11 Å². The zero-order chi connectivity index (χ0) is 16.7. The highest BCUT2D eigenvalue weighted by Gasteiger charge is 2.15. The van der Waals surface area contributed by atoms with Crippen LogP contribution in [0.1, 0.15) is 13.8 Å². The van der Waals surface area contributed by atoms with Gasteiger partial charge in [-0.1, -0.05) is 18.2 Å². The predicted molar refractivity (Wildman–Crippen MR) is 103 cm³/mol. The monoisotopic (exact) mass is 330 g/mol. The minimum atomic E-state index is -0.311. The molecule has 0 aromatic heterocycles. The normalized spacial score (nSPS) is 12.2. The van der Waals surface area contributed by atoms with E-state index in [0.29, 0.717) is 12.6 Å². The van der Waals surface area contributed by atoms with Crippen LogP contribution in [0, 0.1) is 0 Å². The average Bonchev–Trinajstić information content (AvgIpc) is 2.54. The first kappa shape index (κ1) is 17.7. The number of nitrogens with one attached hydrogen (secondary N) is 1. The third kappa shape index (κ3) is 5.48. The molecule has 2 aromatic rings. The molecule has 0 saturated carbocycles. The molecule has 0 fully saturated rings. The fourth-order valence-corrected chi connectivity index (χ4v) is 3.00. The van der Waals surface area contributed by atoms with Gasteiger partial charge in [-0.3, -0.25) is 0 Å². The molecule has 1 unspecified atom stereocenters. The Morgan fingerprint density at radius 3 is 2.17 bits per heavy atom. The Kier molecular flexibility index (Phi) is 6.81. The Balaban J connectivity index is 2.06. The van der Waals surface area contributed by atoms with E-state index in [-0.39, 0.29) is 6.10 Å². The maximum Gasteiger partial charge on any atom is 0.0805 e. The van der Waals surface area contributed by atoms with Gasteiger partial charge in [0.15, 0.2) is 0 Å². The topological polar surface area (TPSA) is 35.5 Å². The van der Waals surface area contributed by atoms with Crippen LogP contribution in [0.3, 0.4) is 0 Å². The SMILES string of the molecule is CSCC(O)CN(c1ccc(Nc2ccccc2)cc1)C(C)C. The molecule has 0 bridgehead atoms. The summed E-state index contributed by atoms with van der Waals surface area (Å²) in [5, 5.41) is 13.5. The molecule has 4 heteroatoms. The molecule has 3 nitrogen and oxygen atoms in total. The van der Waals surface area contributed by atoms with Crippen molar-refractivity contribution in [3.05, 3.63) is 54.6 Å². The quantitative estimate of drug-likeness (QED) is 0.753. The second-order valence-corrected chi connectivity index (χ2v) is 6.80. The fraction of sp³-hybridized carbons (Fsp3) is 0.368. The molecule has 0 aliphatic rings. The van der Waals surface area contributed by atoms with Gasteiger partial charge < -0.3 is 15.3 Å².